The molecule has 1 aromatic carbocycles. The van der Waals surface area contributed by atoms with Crippen LogP contribution in [-0.2, 0) is 5.41 Å². The summed E-state index contributed by atoms with van der Waals surface area (Å²) in [4.78, 5) is 0. The quantitative estimate of drug-likeness (QED) is 0.657. The summed E-state index contributed by atoms with van der Waals surface area (Å²) in [7, 11) is 0. The predicted octanol–water partition coefficient (Wildman–Crippen LogP) is 3.19. The summed E-state index contributed by atoms with van der Waals surface area (Å²) in [6.07, 6.45) is 2.78. The molecule has 0 unspecified atom stereocenters. The maximum Gasteiger partial charge on any atom is 0.0994 e. The summed E-state index contributed by atoms with van der Waals surface area (Å²) in [5.41, 5.74) is 2.66. The first-order valence-corrected chi connectivity index (χ1v) is 4.57. The zero-order valence-electron chi connectivity index (χ0n) is 8.89. The van der Waals surface area contributed by atoms with E-state index in [0.29, 0.717) is 5.56 Å². The monoisotopic (exact) mass is 184 g/mol. The van der Waals surface area contributed by atoms with Gasteiger partial charge in [-0.2, -0.15) is 5.26 Å². The molecule has 1 rings (SSSR count). The fourth-order valence-electron chi connectivity index (χ4n) is 1.40. The Morgan fingerprint density at radius 2 is 1.93 bits per heavy atom. The van der Waals surface area contributed by atoms with E-state index in [0.717, 1.165) is 11.1 Å². The fourth-order valence-corrected chi connectivity index (χ4v) is 1.40. The zero-order valence-corrected chi connectivity index (χ0v) is 8.89. The van der Waals surface area contributed by atoms with E-state index in [9.17, 15) is 0 Å². The van der Waals surface area contributed by atoms with E-state index in [4.69, 9.17) is 5.26 Å². The minimum Gasteiger partial charge on any atom is -0.192 e. The summed E-state index contributed by atoms with van der Waals surface area (Å²) < 4.78 is 0. The number of hydrogen-bond donors (Lipinski definition) is 0. The molecule has 0 aliphatic heterocycles. The Balaban J connectivity index is 3.34. The Hall–Kier alpha value is -1.55. The summed E-state index contributed by atoms with van der Waals surface area (Å²) in [5, 5.41) is 9.00. The fraction of sp³-hybridized carbons (Fsp3) is 0.308. The largest absolute Gasteiger partial charge is 0.192 e. The summed E-state index contributed by atoms with van der Waals surface area (Å²) >= 11 is 0. The maximum atomic E-state index is 9.00. The van der Waals surface area contributed by atoms with Crippen LogP contribution in [0, 0.1) is 17.4 Å². The van der Waals surface area contributed by atoms with Crippen molar-refractivity contribution in [3.63, 3.8) is 0 Å². The molecule has 71 valence electrons. The van der Waals surface area contributed by atoms with Crippen molar-refractivity contribution in [2.24, 2.45) is 0 Å². The molecule has 1 heteroatoms. The van der Waals surface area contributed by atoms with Crippen LogP contribution in [0.3, 0.4) is 0 Å². The molecule has 1 radical (unpaired) electrons. The molecule has 0 heterocycles. The third-order valence-corrected chi connectivity index (χ3v) is 2.15. The highest BCUT2D eigenvalue weighted by Gasteiger charge is 2.17. The van der Waals surface area contributed by atoms with Crippen LogP contribution in [0.1, 0.15) is 37.5 Å². The molecule has 0 aliphatic carbocycles. The molecule has 0 saturated carbocycles. The van der Waals surface area contributed by atoms with Gasteiger partial charge in [0.05, 0.1) is 11.6 Å². The highest BCUT2D eigenvalue weighted by molar-refractivity contribution is 5.45. The second-order valence-electron chi connectivity index (χ2n) is 4.30. The number of nitriles is 1. The molecule has 0 N–H and O–H groups in total. The van der Waals surface area contributed by atoms with Crippen LogP contribution in [0.2, 0.25) is 0 Å². The Morgan fingerprint density at radius 1 is 1.29 bits per heavy atom. The van der Waals surface area contributed by atoms with Gasteiger partial charge >= 0.3 is 0 Å². The van der Waals surface area contributed by atoms with Gasteiger partial charge < -0.3 is 0 Å². The molecule has 0 saturated heterocycles. The van der Waals surface area contributed by atoms with Crippen LogP contribution in [0.4, 0.5) is 0 Å². The van der Waals surface area contributed by atoms with Gasteiger partial charge in [0.15, 0.2) is 0 Å². The van der Waals surface area contributed by atoms with E-state index >= 15 is 0 Å². The predicted molar refractivity (Wildman–Crippen MR) is 57.8 cm³/mol. The van der Waals surface area contributed by atoms with Crippen LogP contribution in [0.5, 0.6) is 0 Å². The first-order valence-electron chi connectivity index (χ1n) is 4.57. The first-order chi connectivity index (χ1) is 6.49. The third kappa shape index (κ3) is 2.03. The van der Waals surface area contributed by atoms with Gasteiger partial charge in [-0.1, -0.05) is 39.5 Å². The molecule has 1 aromatic rings. The smallest absolute Gasteiger partial charge is 0.0994 e. The number of hydrogen-bond acceptors (Lipinski definition) is 1. The van der Waals surface area contributed by atoms with Gasteiger partial charge in [-0.05, 0) is 28.7 Å². The van der Waals surface area contributed by atoms with E-state index in [1.165, 1.54) is 0 Å². The molecule has 0 amide bonds. The lowest BCUT2D eigenvalue weighted by molar-refractivity contribution is 0.588. The van der Waals surface area contributed by atoms with Crippen molar-refractivity contribution in [2.75, 3.05) is 0 Å². The van der Waals surface area contributed by atoms with Crippen molar-refractivity contribution in [2.45, 2.75) is 26.2 Å². The van der Waals surface area contributed by atoms with Gasteiger partial charge in [-0.3, -0.25) is 0 Å². The van der Waals surface area contributed by atoms with Crippen LogP contribution in [0.25, 0.3) is 0 Å². The molecule has 14 heavy (non-hydrogen) atoms. The molecule has 0 aromatic heterocycles. The Labute approximate surface area is 85.7 Å². The maximum absolute atomic E-state index is 9.00. The van der Waals surface area contributed by atoms with Crippen LogP contribution in [0.15, 0.2) is 24.8 Å². The number of rotatable bonds is 1. The van der Waals surface area contributed by atoms with Crippen molar-refractivity contribution < 1.29 is 0 Å². The number of benzene rings is 1. The highest BCUT2D eigenvalue weighted by atomic mass is 14.3. The van der Waals surface area contributed by atoms with Gasteiger partial charge in [0.2, 0.25) is 0 Å². The molecule has 0 spiro atoms. The summed E-state index contributed by atoms with van der Waals surface area (Å²) in [6, 6.07) is 7.95. The van der Waals surface area contributed by atoms with E-state index in [2.05, 4.69) is 39.5 Å². The molecule has 0 bridgehead atoms. The standard InChI is InChI=1S/C13H14N/c1-5-10-6-7-12(13(2,3)4)11(8-10)9-14/h6-8H,1H2,2-4H3. The Kier molecular flexibility index (Phi) is 2.76. The van der Waals surface area contributed by atoms with Crippen LogP contribution < -0.4 is 0 Å². The minimum absolute atomic E-state index is 0.00473. The molecular formula is C13H14N. The van der Waals surface area contributed by atoms with Crippen molar-refractivity contribution in [1.29, 1.82) is 5.26 Å². The first kappa shape index (κ1) is 10.5. The summed E-state index contributed by atoms with van der Waals surface area (Å²) in [5.74, 6) is 0. The van der Waals surface area contributed by atoms with E-state index < -0.39 is 0 Å². The van der Waals surface area contributed by atoms with Crippen molar-refractivity contribution in [3.8, 4) is 6.07 Å². The average Bonchev–Trinajstić information content (AvgIpc) is 2.15. The molecular weight excluding hydrogens is 170 g/mol. The Bertz CT molecular complexity index is 389. The minimum atomic E-state index is 0.00473. The van der Waals surface area contributed by atoms with Gasteiger partial charge in [0, 0.05) is 0 Å². The average molecular weight is 184 g/mol. The van der Waals surface area contributed by atoms with Gasteiger partial charge in [0.1, 0.15) is 0 Å². The highest BCUT2D eigenvalue weighted by Crippen LogP contribution is 2.26. The molecule has 1 nitrogen and oxygen atoms in total. The van der Waals surface area contributed by atoms with Crippen molar-refractivity contribution >= 4 is 0 Å². The second kappa shape index (κ2) is 3.67. The van der Waals surface area contributed by atoms with Gasteiger partial charge in [-0.25, -0.2) is 0 Å². The SMILES string of the molecule is C=[C]c1ccc(C(C)(C)C)c(C#N)c1. The van der Waals surface area contributed by atoms with E-state index in [1.54, 1.807) is 0 Å². The topological polar surface area (TPSA) is 23.8 Å². The third-order valence-electron chi connectivity index (χ3n) is 2.15. The molecule has 0 atom stereocenters. The van der Waals surface area contributed by atoms with Crippen molar-refractivity contribution in [1.82, 2.24) is 0 Å². The lowest BCUT2D eigenvalue weighted by Gasteiger charge is -2.20. The molecule has 0 fully saturated rings. The van der Waals surface area contributed by atoms with Gasteiger partial charge in [-0.15, -0.1) is 0 Å². The lowest BCUT2D eigenvalue weighted by atomic mass is 9.83. The summed E-state index contributed by atoms with van der Waals surface area (Å²) in [6.45, 7) is 9.86. The van der Waals surface area contributed by atoms with Crippen molar-refractivity contribution in [3.05, 3.63) is 47.5 Å². The van der Waals surface area contributed by atoms with E-state index in [1.807, 2.05) is 18.2 Å². The van der Waals surface area contributed by atoms with Crippen LogP contribution >= 0.6 is 0 Å². The van der Waals surface area contributed by atoms with Gasteiger partial charge in [0.25, 0.3) is 0 Å². The Morgan fingerprint density at radius 3 is 2.36 bits per heavy atom. The van der Waals surface area contributed by atoms with E-state index in [-0.39, 0.29) is 5.41 Å². The zero-order chi connectivity index (χ0) is 10.8. The second-order valence-corrected chi connectivity index (χ2v) is 4.30. The van der Waals surface area contributed by atoms with Crippen LogP contribution in [-0.4, -0.2) is 0 Å². The normalized spacial score (nSPS) is 10.7. The molecule has 0 aliphatic rings. The number of nitrogens with zero attached hydrogens (tertiary/aromatic N) is 1. The lowest BCUT2D eigenvalue weighted by Crippen LogP contribution is -2.13.